The standard InChI is InChI=1S/C25H35N3O4S/c1-4-24(28(33(3,30)31)22-12-14-23(15-13-22)32-5-2)25(29)26-18-20-8-10-21(11-9-20)19-27-16-6-7-17-27/h8-15,24H,4-7,16-19H2,1-3H3,(H,26,29)/t24-/m1/s1. The Morgan fingerprint density at radius 3 is 2.18 bits per heavy atom. The van der Waals surface area contributed by atoms with Gasteiger partial charge in [0.15, 0.2) is 0 Å². The zero-order valence-electron chi connectivity index (χ0n) is 19.8. The topological polar surface area (TPSA) is 79.0 Å². The maximum atomic E-state index is 13.0. The highest BCUT2D eigenvalue weighted by molar-refractivity contribution is 7.92. The lowest BCUT2D eigenvalue weighted by Crippen LogP contribution is -2.49. The number of rotatable bonds is 11. The molecule has 0 radical (unpaired) electrons. The number of benzene rings is 2. The van der Waals surface area contributed by atoms with Gasteiger partial charge in [-0.1, -0.05) is 31.2 Å². The minimum absolute atomic E-state index is 0.321. The fourth-order valence-corrected chi connectivity index (χ4v) is 5.40. The Labute approximate surface area is 197 Å². The SMILES string of the molecule is CCOc1ccc(N([C@H](CC)C(=O)NCc2ccc(CN3CCCC3)cc2)S(C)(=O)=O)cc1. The summed E-state index contributed by atoms with van der Waals surface area (Å²) in [5.74, 6) is 0.332. The van der Waals surface area contributed by atoms with Crippen molar-refractivity contribution >= 4 is 21.6 Å². The molecule has 1 amide bonds. The van der Waals surface area contributed by atoms with Gasteiger partial charge in [0.25, 0.3) is 0 Å². The van der Waals surface area contributed by atoms with Gasteiger partial charge >= 0.3 is 0 Å². The van der Waals surface area contributed by atoms with Gasteiger partial charge in [-0.2, -0.15) is 0 Å². The second kappa shape index (κ2) is 11.5. The fourth-order valence-electron chi connectivity index (χ4n) is 4.18. The van der Waals surface area contributed by atoms with E-state index >= 15 is 0 Å². The zero-order valence-corrected chi connectivity index (χ0v) is 20.6. The average Bonchev–Trinajstić information content (AvgIpc) is 3.30. The van der Waals surface area contributed by atoms with Crippen molar-refractivity contribution in [3.8, 4) is 5.75 Å². The average molecular weight is 474 g/mol. The van der Waals surface area contributed by atoms with Crippen molar-refractivity contribution in [1.82, 2.24) is 10.2 Å². The molecule has 8 heteroatoms. The van der Waals surface area contributed by atoms with Gasteiger partial charge in [0.05, 0.1) is 18.6 Å². The highest BCUT2D eigenvalue weighted by atomic mass is 32.2. The quantitative estimate of drug-likeness (QED) is 0.540. The zero-order chi connectivity index (χ0) is 23.8. The lowest BCUT2D eigenvalue weighted by molar-refractivity contribution is -0.122. The van der Waals surface area contributed by atoms with Crippen LogP contribution in [0.1, 0.15) is 44.2 Å². The van der Waals surface area contributed by atoms with Crippen LogP contribution in [0.4, 0.5) is 5.69 Å². The van der Waals surface area contributed by atoms with E-state index in [1.54, 1.807) is 24.3 Å². The Balaban J connectivity index is 1.66. The number of anilines is 1. The van der Waals surface area contributed by atoms with Crippen molar-refractivity contribution in [1.29, 1.82) is 0 Å². The first kappa shape index (κ1) is 25.1. The summed E-state index contributed by atoms with van der Waals surface area (Å²) in [6.45, 7) is 7.83. The third-order valence-electron chi connectivity index (χ3n) is 5.83. The number of sulfonamides is 1. The molecule has 180 valence electrons. The van der Waals surface area contributed by atoms with Crippen LogP contribution in [0.15, 0.2) is 48.5 Å². The number of amides is 1. The number of ether oxygens (including phenoxy) is 1. The maximum Gasteiger partial charge on any atom is 0.244 e. The summed E-state index contributed by atoms with van der Waals surface area (Å²) in [6, 6.07) is 14.2. The van der Waals surface area contributed by atoms with E-state index in [4.69, 9.17) is 4.74 Å². The molecule has 0 unspecified atom stereocenters. The third kappa shape index (κ3) is 6.95. The first-order chi connectivity index (χ1) is 15.8. The highest BCUT2D eigenvalue weighted by Crippen LogP contribution is 2.25. The molecule has 1 aliphatic heterocycles. The van der Waals surface area contributed by atoms with Crippen LogP contribution in [0, 0.1) is 0 Å². The molecule has 1 saturated heterocycles. The number of carbonyl (C=O) groups excluding carboxylic acids is 1. The fraction of sp³-hybridized carbons (Fsp3) is 0.480. The molecule has 1 heterocycles. The molecule has 1 N–H and O–H groups in total. The molecular weight excluding hydrogens is 438 g/mol. The number of hydrogen-bond acceptors (Lipinski definition) is 5. The second-order valence-corrected chi connectivity index (χ2v) is 10.3. The molecule has 2 aromatic carbocycles. The van der Waals surface area contributed by atoms with Gasteiger partial charge in [-0.05, 0) is 74.7 Å². The lowest BCUT2D eigenvalue weighted by Gasteiger charge is -2.30. The minimum Gasteiger partial charge on any atom is -0.494 e. The molecule has 2 aromatic rings. The van der Waals surface area contributed by atoms with Gasteiger partial charge in [-0.15, -0.1) is 0 Å². The molecule has 7 nitrogen and oxygen atoms in total. The second-order valence-electron chi connectivity index (χ2n) is 8.43. The summed E-state index contributed by atoms with van der Waals surface area (Å²) in [7, 11) is -3.67. The Bertz CT molecular complexity index is 1000. The molecule has 0 bridgehead atoms. The first-order valence-electron chi connectivity index (χ1n) is 11.6. The predicted octanol–water partition coefficient (Wildman–Crippen LogP) is 3.54. The molecule has 0 spiro atoms. The third-order valence-corrected chi connectivity index (χ3v) is 7.01. The summed E-state index contributed by atoms with van der Waals surface area (Å²) >= 11 is 0. The maximum absolute atomic E-state index is 13.0. The van der Waals surface area contributed by atoms with E-state index in [0.717, 1.165) is 31.5 Å². The molecule has 3 rings (SSSR count). The van der Waals surface area contributed by atoms with Crippen molar-refractivity contribution < 1.29 is 17.9 Å². The van der Waals surface area contributed by atoms with Crippen LogP contribution < -0.4 is 14.4 Å². The van der Waals surface area contributed by atoms with E-state index in [1.165, 1.54) is 22.7 Å². The number of nitrogens with zero attached hydrogens (tertiary/aromatic N) is 2. The Morgan fingerprint density at radius 2 is 1.64 bits per heavy atom. The van der Waals surface area contributed by atoms with Crippen LogP contribution >= 0.6 is 0 Å². The van der Waals surface area contributed by atoms with E-state index in [-0.39, 0.29) is 5.91 Å². The molecule has 1 fully saturated rings. The van der Waals surface area contributed by atoms with Gasteiger partial charge in [0.2, 0.25) is 15.9 Å². The van der Waals surface area contributed by atoms with Crippen molar-refractivity contribution in [2.75, 3.05) is 30.3 Å². The Morgan fingerprint density at radius 1 is 1.03 bits per heavy atom. The van der Waals surface area contributed by atoms with Gasteiger partial charge in [-0.3, -0.25) is 14.0 Å². The molecule has 33 heavy (non-hydrogen) atoms. The van der Waals surface area contributed by atoms with Crippen LogP contribution in [0.5, 0.6) is 5.75 Å². The van der Waals surface area contributed by atoms with Gasteiger partial charge in [-0.25, -0.2) is 8.42 Å². The first-order valence-corrected chi connectivity index (χ1v) is 13.5. The van der Waals surface area contributed by atoms with E-state index in [9.17, 15) is 13.2 Å². The van der Waals surface area contributed by atoms with Gasteiger partial charge in [0.1, 0.15) is 11.8 Å². The summed E-state index contributed by atoms with van der Waals surface area (Å²) in [5.41, 5.74) is 2.68. The van der Waals surface area contributed by atoms with E-state index in [1.807, 2.05) is 26.0 Å². The molecule has 0 saturated carbocycles. The van der Waals surface area contributed by atoms with E-state index in [0.29, 0.717) is 31.0 Å². The summed E-state index contributed by atoms with van der Waals surface area (Å²) in [4.78, 5) is 15.5. The monoisotopic (exact) mass is 473 g/mol. The molecule has 0 aromatic heterocycles. The number of hydrogen-bond donors (Lipinski definition) is 1. The van der Waals surface area contributed by atoms with Crippen molar-refractivity contribution in [3.05, 3.63) is 59.7 Å². The lowest BCUT2D eigenvalue weighted by atomic mass is 10.1. The smallest absolute Gasteiger partial charge is 0.244 e. The summed E-state index contributed by atoms with van der Waals surface area (Å²) < 4.78 is 31.9. The van der Waals surface area contributed by atoms with E-state index < -0.39 is 16.1 Å². The van der Waals surface area contributed by atoms with E-state index in [2.05, 4.69) is 22.3 Å². The van der Waals surface area contributed by atoms with Crippen LogP contribution in [0.25, 0.3) is 0 Å². The largest absolute Gasteiger partial charge is 0.494 e. The van der Waals surface area contributed by atoms with Crippen molar-refractivity contribution in [2.24, 2.45) is 0 Å². The van der Waals surface area contributed by atoms with Crippen LogP contribution in [0.2, 0.25) is 0 Å². The molecule has 1 aliphatic rings. The normalized spacial score (nSPS) is 15.2. The predicted molar refractivity (Wildman–Crippen MR) is 132 cm³/mol. The van der Waals surface area contributed by atoms with Gasteiger partial charge in [0, 0.05) is 13.1 Å². The van der Waals surface area contributed by atoms with Crippen LogP contribution in [-0.4, -0.2) is 51.2 Å². The van der Waals surface area contributed by atoms with Gasteiger partial charge < -0.3 is 10.1 Å². The summed E-state index contributed by atoms with van der Waals surface area (Å²) in [6.07, 6.45) is 4.01. The number of likely N-dealkylation sites (tertiary alicyclic amines) is 1. The minimum atomic E-state index is -3.67. The highest BCUT2D eigenvalue weighted by Gasteiger charge is 2.31. The van der Waals surface area contributed by atoms with Crippen molar-refractivity contribution in [2.45, 2.75) is 52.2 Å². The number of carbonyl (C=O) groups is 1. The van der Waals surface area contributed by atoms with Crippen LogP contribution in [-0.2, 0) is 27.9 Å². The molecule has 0 aliphatic carbocycles. The summed E-state index contributed by atoms with van der Waals surface area (Å²) in [5, 5.41) is 2.92. The van der Waals surface area contributed by atoms with Crippen LogP contribution in [0.3, 0.4) is 0 Å². The molecule has 1 atom stereocenters. The Kier molecular flexibility index (Phi) is 8.74. The number of nitrogens with one attached hydrogen (secondary N) is 1. The Hall–Kier alpha value is -2.58. The van der Waals surface area contributed by atoms with Crippen molar-refractivity contribution in [3.63, 3.8) is 0 Å². The molecular formula is C25H35N3O4S.